The van der Waals surface area contributed by atoms with Crippen LogP contribution in [0.4, 0.5) is 5.82 Å². The maximum atomic E-state index is 4.65. The van der Waals surface area contributed by atoms with E-state index in [4.69, 9.17) is 0 Å². The second-order valence-electron chi connectivity index (χ2n) is 5.37. The molecule has 2 aromatic rings. The number of hydrogen-bond donors (Lipinski definition) is 0. The maximum absolute atomic E-state index is 4.65. The van der Waals surface area contributed by atoms with E-state index in [9.17, 15) is 0 Å². The maximum Gasteiger partial charge on any atom is 0.137 e. The molecule has 0 amide bonds. The van der Waals surface area contributed by atoms with Gasteiger partial charge in [0.15, 0.2) is 0 Å². The third kappa shape index (κ3) is 2.08. The number of aromatic nitrogens is 1. The molecule has 5 heteroatoms. The molecule has 1 atom stereocenters. The number of halogens is 1. The molecule has 19 heavy (non-hydrogen) atoms. The highest BCUT2D eigenvalue weighted by Crippen LogP contribution is 2.35. The van der Waals surface area contributed by atoms with Gasteiger partial charge < -0.3 is 4.90 Å². The summed E-state index contributed by atoms with van der Waals surface area (Å²) < 4.78 is 2.52. The number of hydrogen-bond acceptors (Lipinski definition) is 4. The quantitative estimate of drug-likeness (QED) is 0.795. The molecule has 0 aliphatic carbocycles. The molecule has 100 valence electrons. The lowest BCUT2D eigenvalue weighted by Crippen LogP contribution is -2.50. The van der Waals surface area contributed by atoms with Crippen LogP contribution in [0.1, 0.15) is 12.8 Å². The zero-order valence-corrected chi connectivity index (χ0v) is 13.1. The van der Waals surface area contributed by atoms with Crippen molar-refractivity contribution in [1.82, 2.24) is 9.88 Å². The van der Waals surface area contributed by atoms with Gasteiger partial charge in [0.25, 0.3) is 0 Å². The fourth-order valence-electron chi connectivity index (χ4n) is 3.35. The normalized spacial score (nSPS) is 24.1. The number of pyridine rings is 1. The van der Waals surface area contributed by atoms with E-state index < -0.39 is 0 Å². The van der Waals surface area contributed by atoms with Crippen molar-refractivity contribution in [3.63, 3.8) is 0 Å². The first-order chi connectivity index (χ1) is 9.31. The Kier molecular flexibility index (Phi) is 3.01. The molecule has 0 spiro atoms. The Morgan fingerprint density at radius 2 is 2.26 bits per heavy atom. The van der Waals surface area contributed by atoms with Gasteiger partial charge in [0.05, 0.1) is 3.79 Å². The molecule has 0 saturated carbocycles. The predicted molar refractivity (Wildman–Crippen MR) is 84.1 cm³/mol. The topological polar surface area (TPSA) is 19.4 Å². The summed E-state index contributed by atoms with van der Waals surface area (Å²) in [6.45, 7) is 4.73. The summed E-state index contributed by atoms with van der Waals surface area (Å²) in [5.41, 5.74) is 0. The molecule has 2 fully saturated rings. The van der Waals surface area contributed by atoms with E-state index >= 15 is 0 Å². The van der Waals surface area contributed by atoms with Gasteiger partial charge in [-0.05, 0) is 47.4 Å². The Labute approximate surface area is 125 Å². The summed E-state index contributed by atoms with van der Waals surface area (Å²) in [4.78, 5) is 9.77. The lowest BCUT2D eigenvalue weighted by Gasteiger charge is -2.38. The third-order valence-corrected chi connectivity index (χ3v) is 5.88. The standard InChI is InChI=1S/C14H16BrN3S/c15-13-8-11-12(19-13)3-4-16-14(11)18-7-6-17-5-1-2-10(17)9-18/h3-4,8,10H,1-2,5-7,9H2. The Hall–Kier alpha value is -0.650. The van der Waals surface area contributed by atoms with Gasteiger partial charge in [-0.3, -0.25) is 4.90 Å². The van der Waals surface area contributed by atoms with E-state index in [1.165, 1.54) is 45.6 Å². The fourth-order valence-corrected chi connectivity index (χ4v) is 4.88. The van der Waals surface area contributed by atoms with Crippen molar-refractivity contribution < 1.29 is 0 Å². The molecular weight excluding hydrogens is 322 g/mol. The molecule has 0 N–H and O–H groups in total. The molecule has 4 rings (SSSR count). The first-order valence-corrected chi connectivity index (χ1v) is 8.45. The van der Waals surface area contributed by atoms with Crippen LogP contribution in [-0.2, 0) is 0 Å². The predicted octanol–water partition coefficient (Wildman–Crippen LogP) is 3.34. The Balaban J connectivity index is 1.70. The molecule has 2 aromatic heterocycles. The first-order valence-electron chi connectivity index (χ1n) is 6.84. The molecular formula is C14H16BrN3S. The lowest BCUT2D eigenvalue weighted by molar-refractivity contribution is 0.230. The van der Waals surface area contributed by atoms with Crippen molar-refractivity contribution in [3.05, 3.63) is 22.1 Å². The van der Waals surface area contributed by atoms with Gasteiger partial charge in [-0.2, -0.15) is 0 Å². The van der Waals surface area contributed by atoms with Gasteiger partial charge in [-0.15, -0.1) is 11.3 Å². The van der Waals surface area contributed by atoms with Crippen molar-refractivity contribution in [3.8, 4) is 0 Å². The zero-order valence-electron chi connectivity index (χ0n) is 10.7. The Morgan fingerprint density at radius 3 is 3.21 bits per heavy atom. The number of piperazine rings is 1. The van der Waals surface area contributed by atoms with Crippen molar-refractivity contribution in [2.45, 2.75) is 18.9 Å². The fraction of sp³-hybridized carbons (Fsp3) is 0.500. The highest BCUT2D eigenvalue weighted by Gasteiger charge is 2.31. The van der Waals surface area contributed by atoms with Crippen molar-refractivity contribution in [2.24, 2.45) is 0 Å². The van der Waals surface area contributed by atoms with E-state index in [-0.39, 0.29) is 0 Å². The van der Waals surface area contributed by atoms with Gasteiger partial charge in [-0.25, -0.2) is 4.98 Å². The molecule has 0 aromatic carbocycles. The largest absolute Gasteiger partial charge is 0.353 e. The smallest absolute Gasteiger partial charge is 0.137 e. The average Bonchev–Trinajstić information content (AvgIpc) is 3.01. The van der Waals surface area contributed by atoms with Gasteiger partial charge in [0, 0.05) is 42.0 Å². The van der Waals surface area contributed by atoms with E-state index in [2.05, 4.69) is 42.8 Å². The van der Waals surface area contributed by atoms with Crippen molar-refractivity contribution >= 4 is 43.2 Å². The molecule has 1 unspecified atom stereocenters. The van der Waals surface area contributed by atoms with Crippen LogP contribution >= 0.6 is 27.3 Å². The van der Waals surface area contributed by atoms with Crippen molar-refractivity contribution in [2.75, 3.05) is 31.1 Å². The second kappa shape index (κ2) is 4.72. The number of rotatable bonds is 1. The highest BCUT2D eigenvalue weighted by atomic mass is 79.9. The van der Waals surface area contributed by atoms with Crippen LogP contribution in [0.5, 0.6) is 0 Å². The molecule has 3 nitrogen and oxygen atoms in total. The van der Waals surface area contributed by atoms with Gasteiger partial charge in [0.1, 0.15) is 5.82 Å². The van der Waals surface area contributed by atoms with Crippen LogP contribution in [0.15, 0.2) is 22.1 Å². The number of nitrogens with zero attached hydrogens (tertiary/aromatic N) is 3. The summed E-state index contributed by atoms with van der Waals surface area (Å²) >= 11 is 5.38. The Morgan fingerprint density at radius 1 is 1.32 bits per heavy atom. The van der Waals surface area contributed by atoms with Crippen LogP contribution < -0.4 is 4.90 Å². The van der Waals surface area contributed by atoms with Crippen LogP contribution in [-0.4, -0.2) is 42.1 Å². The molecule has 2 saturated heterocycles. The van der Waals surface area contributed by atoms with E-state index in [0.29, 0.717) is 0 Å². The van der Waals surface area contributed by atoms with Crippen molar-refractivity contribution in [1.29, 1.82) is 0 Å². The molecule has 2 aliphatic heterocycles. The third-order valence-electron chi connectivity index (χ3n) is 4.28. The minimum absolute atomic E-state index is 0.743. The zero-order chi connectivity index (χ0) is 12.8. The first kappa shape index (κ1) is 12.1. The summed E-state index contributed by atoms with van der Waals surface area (Å²) in [5.74, 6) is 1.17. The van der Waals surface area contributed by atoms with E-state index in [0.717, 1.165) is 19.1 Å². The number of thiophene rings is 1. The minimum atomic E-state index is 0.743. The minimum Gasteiger partial charge on any atom is -0.353 e. The number of anilines is 1. The van der Waals surface area contributed by atoms with E-state index in [1.54, 1.807) is 11.3 Å². The molecule has 0 bridgehead atoms. The molecule has 2 aliphatic rings. The Bertz CT molecular complexity index is 612. The SMILES string of the molecule is Brc1cc2c(N3CCN4CCCC4C3)nccc2s1. The van der Waals surface area contributed by atoms with E-state index in [1.807, 2.05) is 6.20 Å². The van der Waals surface area contributed by atoms with Crippen LogP contribution in [0.25, 0.3) is 10.1 Å². The summed E-state index contributed by atoms with van der Waals surface area (Å²) in [6.07, 6.45) is 4.65. The summed E-state index contributed by atoms with van der Waals surface area (Å²) in [5, 5.41) is 1.30. The molecule has 4 heterocycles. The monoisotopic (exact) mass is 337 g/mol. The van der Waals surface area contributed by atoms with Gasteiger partial charge in [0.2, 0.25) is 0 Å². The van der Waals surface area contributed by atoms with Gasteiger partial charge >= 0.3 is 0 Å². The average molecular weight is 338 g/mol. The highest BCUT2D eigenvalue weighted by molar-refractivity contribution is 9.11. The lowest BCUT2D eigenvalue weighted by atomic mass is 10.1. The summed E-state index contributed by atoms with van der Waals surface area (Å²) in [7, 11) is 0. The second-order valence-corrected chi connectivity index (χ2v) is 7.84. The molecule has 0 radical (unpaired) electrons. The van der Waals surface area contributed by atoms with Crippen LogP contribution in [0.2, 0.25) is 0 Å². The van der Waals surface area contributed by atoms with Crippen LogP contribution in [0.3, 0.4) is 0 Å². The number of fused-ring (bicyclic) bond motifs is 2. The summed E-state index contributed by atoms with van der Waals surface area (Å²) in [6, 6.07) is 5.07. The van der Waals surface area contributed by atoms with Gasteiger partial charge in [-0.1, -0.05) is 0 Å². The van der Waals surface area contributed by atoms with Crippen LogP contribution in [0, 0.1) is 0 Å².